The van der Waals surface area contributed by atoms with Gasteiger partial charge in [0.1, 0.15) is 0 Å². The first-order valence-electron chi connectivity index (χ1n) is 7.49. The van der Waals surface area contributed by atoms with Gasteiger partial charge in [0, 0.05) is 33.2 Å². The molecule has 118 valence electrons. The fourth-order valence-electron chi connectivity index (χ4n) is 2.11. The van der Waals surface area contributed by atoms with Crippen molar-refractivity contribution < 1.29 is 14.3 Å². The van der Waals surface area contributed by atoms with E-state index in [0.29, 0.717) is 32.3 Å². The molecule has 1 fully saturated rings. The van der Waals surface area contributed by atoms with Crippen molar-refractivity contribution in [2.75, 3.05) is 60.1 Å². The van der Waals surface area contributed by atoms with E-state index in [1.54, 1.807) is 7.11 Å². The van der Waals surface area contributed by atoms with Crippen LogP contribution in [0, 0.1) is 0 Å². The Morgan fingerprint density at radius 2 is 2.05 bits per heavy atom. The molecular formula is C14H29N3O3. The minimum Gasteiger partial charge on any atom is -0.383 e. The number of methoxy groups -OCH3 is 1. The van der Waals surface area contributed by atoms with Gasteiger partial charge in [-0.1, -0.05) is 0 Å². The van der Waals surface area contributed by atoms with Crippen molar-refractivity contribution in [1.82, 2.24) is 15.5 Å². The SMILES string of the molecule is COCCN(C)CCNC(=O)CCOC1CCNCC1. The Labute approximate surface area is 122 Å². The van der Waals surface area contributed by atoms with Crippen LogP contribution in [0.2, 0.25) is 0 Å². The first-order valence-corrected chi connectivity index (χ1v) is 7.49. The first-order chi connectivity index (χ1) is 9.72. The first kappa shape index (κ1) is 17.4. The molecule has 20 heavy (non-hydrogen) atoms. The summed E-state index contributed by atoms with van der Waals surface area (Å²) in [6, 6.07) is 0. The Morgan fingerprint density at radius 3 is 2.75 bits per heavy atom. The molecule has 0 aromatic carbocycles. The zero-order chi connectivity index (χ0) is 14.6. The normalized spacial score (nSPS) is 16.6. The van der Waals surface area contributed by atoms with Crippen LogP contribution in [0.4, 0.5) is 0 Å². The van der Waals surface area contributed by atoms with Gasteiger partial charge in [-0.15, -0.1) is 0 Å². The van der Waals surface area contributed by atoms with E-state index in [-0.39, 0.29) is 5.91 Å². The van der Waals surface area contributed by atoms with Gasteiger partial charge in [0.25, 0.3) is 0 Å². The van der Waals surface area contributed by atoms with E-state index in [9.17, 15) is 4.79 Å². The molecule has 6 heteroatoms. The van der Waals surface area contributed by atoms with Crippen LogP contribution < -0.4 is 10.6 Å². The van der Waals surface area contributed by atoms with Gasteiger partial charge in [0.2, 0.25) is 5.91 Å². The fourth-order valence-corrected chi connectivity index (χ4v) is 2.11. The summed E-state index contributed by atoms with van der Waals surface area (Å²) in [4.78, 5) is 13.8. The number of likely N-dealkylation sites (N-methyl/N-ethyl adjacent to an activating group) is 1. The Bertz CT molecular complexity index is 258. The molecule has 1 saturated heterocycles. The molecule has 0 aliphatic carbocycles. The Hall–Kier alpha value is -0.690. The summed E-state index contributed by atoms with van der Waals surface area (Å²) in [7, 11) is 3.71. The molecule has 0 unspecified atom stereocenters. The average molecular weight is 287 g/mol. The predicted octanol–water partition coefficient (Wildman–Crippen LogP) is -0.160. The number of hydrogen-bond donors (Lipinski definition) is 2. The topological polar surface area (TPSA) is 62.8 Å². The van der Waals surface area contributed by atoms with Crippen LogP contribution in [0.1, 0.15) is 19.3 Å². The van der Waals surface area contributed by atoms with Gasteiger partial charge in [-0.3, -0.25) is 4.79 Å². The molecule has 1 rings (SSSR count). The zero-order valence-corrected chi connectivity index (χ0v) is 12.8. The minimum absolute atomic E-state index is 0.0686. The van der Waals surface area contributed by atoms with Crippen LogP contribution >= 0.6 is 0 Å². The van der Waals surface area contributed by atoms with Crippen molar-refractivity contribution in [3.63, 3.8) is 0 Å². The van der Waals surface area contributed by atoms with Crippen LogP contribution in [0.3, 0.4) is 0 Å². The van der Waals surface area contributed by atoms with Crippen molar-refractivity contribution in [1.29, 1.82) is 0 Å². The van der Waals surface area contributed by atoms with Crippen molar-refractivity contribution in [3.8, 4) is 0 Å². The lowest BCUT2D eigenvalue weighted by molar-refractivity contribution is -0.122. The lowest BCUT2D eigenvalue weighted by Crippen LogP contribution is -2.35. The third-order valence-corrected chi connectivity index (χ3v) is 3.46. The average Bonchev–Trinajstić information content (AvgIpc) is 2.46. The maximum Gasteiger partial charge on any atom is 0.222 e. The summed E-state index contributed by atoms with van der Waals surface area (Å²) in [5.74, 6) is 0.0686. The number of nitrogens with zero attached hydrogens (tertiary/aromatic N) is 1. The second kappa shape index (κ2) is 11.0. The third-order valence-electron chi connectivity index (χ3n) is 3.46. The quantitative estimate of drug-likeness (QED) is 0.584. The zero-order valence-electron chi connectivity index (χ0n) is 12.8. The fraction of sp³-hybridized carbons (Fsp3) is 0.929. The molecule has 0 atom stereocenters. The van der Waals surface area contributed by atoms with Crippen LogP contribution in [-0.4, -0.2) is 77.0 Å². The van der Waals surface area contributed by atoms with E-state index in [4.69, 9.17) is 9.47 Å². The van der Waals surface area contributed by atoms with Crippen molar-refractivity contribution >= 4 is 5.91 Å². The maximum absolute atomic E-state index is 11.6. The van der Waals surface area contributed by atoms with Crippen LogP contribution in [-0.2, 0) is 14.3 Å². The second-order valence-corrected chi connectivity index (χ2v) is 5.22. The molecule has 0 bridgehead atoms. The lowest BCUT2D eigenvalue weighted by atomic mass is 10.1. The summed E-state index contributed by atoms with van der Waals surface area (Å²) in [5.41, 5.74) is 0. The summed E-state index contributed by atoms with van der Waals surface area (Å²) in [6.07, 6.45) is 2.87. The molecule has 2 N–H and O–H groups in total. The summed E-state index contributed by atoms with van der Waals surface area (Å²) < 4.78 is 10.7. The molecule has 1 heterocycles. The number of ether oxygens (including phenoxy) is 2. The second-order valence-electron chi connectivity index (χ2n) is 5.22. The predicted molar refractivity (Wildman–Crippen MR) is 78.8 cm³/mol. The molecule has 6 nitrogen and oxygen atoms in total. The third kappa shape index (κ3) is 8.47. The molecule has 1 aliphatic heterocycles. The highest BCUT2D eigenvalue weighted by molar-refractivity contribution is 5.75. The van der Waals surface area contributed by atoms with E-state index >= 15 is 0 Å². The highest BCUT2D eigenvalue weighted by atomic mass is 16.5. The number of carbonyl (C=O) groups is 1. The molecule has 0 radical (unpaired) electrons. The largest absolute Gasteiger partial charge is 0.383 e. The Morgan fingerprint density at radius 1 is 1.30 bits per heavy atom. The number of rotatable bonds is 10. The minimum atomic E-state index is 0.0686. The van der Waals surface area contributed by atoms with Crippen molar-refractivity contribution in [2.45, 2.75) is 25.4 Å². The highest BCUT2D eigenvalue weighted by Crippen LogP contribution is 2.07. The van der Waals surface area contributed by atoms with Crippen molar-refractivity contribution in [3.05, 3.63) is 0 Å². The van der Waals surface area contributed by atoms with Gasteiger partial charge >= 0.3 is 0 Å². The molecule has 1 aliphatic rings. The van der Waals surface area contributed by atoms with Gasteiger partial charge in [-0.2, -0.15) is 0 Å². The van der Waals surface area contributed by atoms with Gasteiger partial charge in [-0.25, -0.2) is 0 Å². The van der Waals surface area contributed by atoms with Crippen LogP contribution in [0.15, 0.2) is 0 Å². The molecule has 0 saturated carbocycles. The van der Waals surface area contributed by atoms with Crippen molar-refractivity contribution in [2.24, 2.45) is 0 Å². The van der Waals surface area contributed by atoms with E-state index < -0.39 is 0 Å². The van der Waals surface area contributed by atoms with Gasteiger partial charge in [-0.05, 0) is 33.0 Å². The molecular weight excluding hydrogens is 258 g/mol. The Balaban J connectivity index is 1.94. The number of carbonyl (C=O) groups excluding carboxylic acids is 1. The summed E-state index contributed by atoms with van der Waals surface area (Å²) >= 11 is 0. The van der Waals surface area contributed by atoms with E-state index in [0.717, 1.165) is 39.0 Å². The molecule has 0 aromatic rings. The number of piperidine rings is 1. The summed E-state index contributed by atoms with van der Waals surface area (Å²) in [6.45, 7) is 5.67. The summed E-state index contributed by atoms with van der Waals surface area (Å²) in [5, 5.41) is 6.21. The Kier molecular flexibility index (Phi) is 9.57. The van der Waals surface area contributed by atoms with Gasteiger partial charge in [0.15, 0.2) is 0 Å². The van der Waals surface area contributed by atoms with Crippen LogP contribution in [0.5, 0.6) is 0 Å². The van der Waals surface area contributed by atoms with E-state index in [2.05, 4.69) is 15.5 Å². The van der Waals surface area contributed by atoms with E-state index in [1.165, 1.54) is 0 Å². The smallest absolute Gasteiger partial charge is 0.222 e. The lowest BCUT2D eigenvalue weighted by Gasteiger charge is -2.22. The maximum atomic E-state index is 11.6. The molecule has 0 spiro atoms. The van der Waals surface area contributed by atoms with E-state index in [1.807, 2.05) is 7.05 Å². The van der Waals surface area contributed by atoms with Gasteiger partial charge < -0.3 is 25.0 Å². The van der Waals surface area contributed by atoms with Crippen LogP contribution in [0.25, 0.3) is 0 Å². The highest BCUT2D eigenvalue weighted by Gasteiger charge is 2.13. The number of nitrogens with one attached hydrogen (secondary N) is 2. The monoisotopic (exact) mass is 287 g/mol. The van der Waals surface area contributed by atoms with Gasteiger partial charge in [0.05, 0.1) is 19.3 Å². The molecule has 1 amide bonds. The number of hydrogen-bond acceptors (Lipinski definition) is 5. The standard InChI is InChI=1S/C14H29N3O3/c1-17(10-12-19-2)9-8-16-14(18)5-11-20-13-3-6-15-7-4-13/h13,15H,3-12H2,1-2H3,(H,16,18). The molecule has 0 aromatic heterocycles. The number of amides is 1.